The van der Waals surface area contributed by atoms with Crippen LogP contribution in [0.5, 0.6) is 0 Å². The van der Waals surface area contributed by atoms with E-state index in [4.69, 9.17) is 5.73 Å². The lowest BCUT2D eigenvalue weighted by Crippen LogP contribution is -3.00. The van der Waals surface area contributed by atoms with Gasteiger partial charge in [0.1, 0.15) is 23.9 Å². The number of hydrogen-bond donors (Lipinski definition) is 1. The zero-order valence-electron chi connectivity index (χ0n) is 21.0. The van der Waals surface area contributed by atoms with Crippen molar-refractivity contribution >= 4 is 11.7 Å². The zero-order chi connectivity index (χ0) is 25.1. The number of benzene rings is 3. The minimum Gasteiger partial charge on any atom is -1.00 e. The van der Waals surface area contributed by atoms with Crippen LogP contribution in [0.25, 0.3) is 0 Å². The number of imidazole rings is 1. The Labute approximate surface area is 228 Å². The van der Waals surface area contributed by atoms with E-state index in [0.717, 1.165) is 41.8 Å². The lowest BCUT2D eigenvalue weighted by molar-refractivity contribution is -0.689. The Kier molecular flexibility index (Phi) is 8.08. The minimum absolute atomic E-state index is 0. The summed E-state index contributed by atoms with van der Waals surface area (Å²) in [6, 6.07) is 29.6. The van der Waals surface area contributed by atoms with E-state index < -0.39 is 5.41 Å². The van der Waals surface area contributed by atoms with E-state index in [2.05, 4.69) is 17.7 Å². The highest BCUT2D eigenvalue weighted by atomic mass is 79.9. The van der Waals surface area contributed by atoms with Crippen molar-refractivity contribution in [3.05, 3.63) is 126 Å². The van der Waals surface area contributed by atoms with Crippen molar-refractivity contribution in [2.45, 2.75) is 44.2 Å². The summed E-state index contributed by atoms with van der Waals surface area (Å²) in [5, 5.41) is 0. The van der Waals surface area contributed by atoms with Gasteiger partial charge < -0.3 is 22.7 Å². The molecule has 0 unspecified atom stereocenters. The molecule has 3 aromatic carbocycles. The summed E-state index contributed by atoms with van der Waals surface area (Å²) in [6.45, 7) is 2.36. The van der Waals surface area contributed by atoms with E-state index in [1.54, 1.807) is 0 Å². The molecule has 1 aromatic heterocycles. The first kappa shape index (κ1) is 26.6. The lowest BCUT2D eigenvalue weighted by atomic mass is 9.64. The average Bonchev–Trinajstić information content (AvgIpc) is 3.53. The third kappa shape index (κ3) is 4.90. The molecule has 0 bridgehead atoms. The highest BCUT2D eigenvalue weighted by Crippen LogP contribution is 2.49. The number of halogens is 1. The van der Waals surface area contributed by atoms with Gasteiger partial charge in [0, 0.05) is 12.5 Å². The van der Waals surface area contributed by atoms with Crippen molar-refractivity contribution in [1.82, 2.24) is 4.57 Å². The maximum absolute atomic E-state index is 13.4. The predicted octanol–water partition coefficient (Wildman–Crippen LogP) is 1.78. The van der Waals surface area contributed by atoms with Gasteiger partial charge in [-0.3, -0.25) is 9.59 Å². The fraction of sp³-hybridized carbons (Fsp3) is 0.258. The van der Waals surface area contributed by atoms with Crippen molar-refractivity contribution in [3.63, 3.8) is 0 Å². The molecule has 0 spiro atoms. The molecule has 1 aliphatic carbocycles. The second-order valence-electron chi connectivity index (χ2n) is 9.74. The van der Waals surface area contributed by atoms with E-state index in [1.165, 1.54) is 0 Å². The van der Waals surface area contributed by atoms with Gasteiger partial charge in [-0.1, -0.05) is 91.0 Å². The molecular weight excluding hydrogens is 526 g/mol. The highest BCUT2D eigenvalue weighted by molar-refractivity contribution is 5.95. The van der Waals surface area contributed by atoms with Crippen LogP contribution in [-0.2, 0) is 16.8 Å². The molecule has 1 saturated carbocycles. The molecule has 5 nitrogen and oxygen atoms in total. The van der Waals surface area contributed by atoms with Crippen LogP contribution >= 0.6 is 0 Å². The molecular formula is C31H32BrN3O2. The van der Waals surface area contributed by atoms with E-state index in [1.807, 2.05) is 102 Å². The van der Waals surface area contributed by atoms with Crippen molar-refractivity contribution < 1.29 is 31.1 Å². The first-order chi connectivity index (χ1) is 17.5. The molecule has 6 heteroatoms. The Balaban J connectivity index is 0.00000320. The van der Waals surface area contributed by atoms with E-state index in [-0.39, 0.29) is 40.6 Å². The van der Waals surface area contributed by atoms with Crippen LogP contribution < -0.4 is 27.3 Å². The van der Waals surface area contributed by atoms with Crippen LogP contribution in [0.1, 0.15) is 52.6 Å². The molecule has 1 fully saturated rings. The van der Waals surface area contributed by atoms with Crippen molar-refractivity contribution in [2.75, 3.05) is 0 Å². The number of nitrogens with zero attached hydrogens (tertiary/aromatic N) is 2. The van der Waals surface area contributed by atoms with Crippen molar-refractivity contribution in [1.29, 1.82) is 0 Å². The molecule has 0 radical (unpaired) electrons. The van der Waals surface area contributed by atoms with E-state index in [0.29, 0.717) is 6.54 Å². The number of nitrogens with two attached hydrogens (primary N) is 1. The SMILES string of the molecule is Cc1n([C@@H]2CC[C@H](C(C(N)=O)(c3ccccc3)c3ccccc3)C2)cc[n+]1CC(=O)c1ccccc1.[Br-]. The van der Waals surface area contributed by atoms with Gasteiger partial charge >= 0.3 is 0 Å². The van der Waals surface area contributed by atoms with Crippen LogP contribution in [0.2, 0.25) is 0 Å². The van der Waals surface area contributed by atoms with Gasteiger partial charge in [-0.15, -0.1) is 0 Å². The topological polar surface area (TPSA) is 69.0 Å². The Morgan fingerprint density at radius 1 is 0.892 bits per heavy atom. The normalized spacial score (nSPS) is 17.2. The summed E-state index contributed by atoms with van der Waals surface area (Å²) < 4.78 is 4.28. The monoisotopic (exact) mass is 557 g/mol. The molecule has 190 valence electrons. The standard InChI is InChI=1S/C31H31N3O2.BrH/c1-23-33(22-29(35)24-11-5-2-6-12-24)19-20-34(23)28-18-17-27(21-28)31(30(32)36,25-13-7-3-8-14-25)26-15-9-4-10-16-26;/h2-16,19-20,27-28H,17-18,21-22H2,1H3,(H-,32,36);1H/t27-,28+;/m0./s1. The summed E-state index contributed by atoms with van der Waals surface area (Å²) in [4.78, 5) is 26.1. The van der Waals surface area contributed by atoms with Gasteiger partial charge in [-0.25, -0.2) is 9.13 Å². The fourth-order valence-electron chi connectivity index (χ4n) is 6.07. The number of carbonyl (C=O) groups is 2. The minimum atomic E-state index is -0.891. The van der Waals surface area contributed by atoms with E-state index >= 15 is 0 Å². The number of carbonyl (C=O) groups excluding carboxylic acids is 2. The number of aromatic nitrogens is 2. The molecule has 2 atom stereocenters. The Bertz CT molecular complexity index is 1310. The fourth-order valence-corrected chi connectivity index (χ4v) is 6.07. The third-order valence-electron chi connectivity index (χ3n) is 7.86. The summed E-state index contributed by atoms with van der Waals surface area (Å²) in [6.07, 6.45) is 6.71. The largest absolute Gasteiger partial charge is 1.00 e. The molecule has 37 heavy (non-hydrogen) atoms. The van der Waals surface area contributed by atoms with Crippen LogP contribution in [0.15, 0.2) is 103 Å². The maximum Gasteiger partial charge on any atom is 0.253 e. The quantitative estimate of drug-likeness (QED) is 0.265. The molecule has 1 heterocycles. The molecule has 4 aromatic rings. The molecule has 5 rings (SSSR count). The van der Waals surface area contributed by atoms with Gasteiger partial charge in [0.15, 0.2) is 6.54 Å². The van der Waals surface area contributed by atoms with Crippen LogP contribution in [0.3, 0.4) is 0 Å². The number of rotatable bonds is 8. The van der Waals surface area contributed by atoms with Gasteiger partial charge in [0.2, 0.25) is 11.7 Å². The number of ketones is 1. The molecule has 0 saturated heterocycles. The molecule has 1 amide bonds. The lowest BCUT2D eigenvalue weighted by Gasteiger charge is -2.37. The predicted molar refractivity (Wildman–Crippen MR) is 139 cm³/mol. The van der Waals surface area contributed by atoms with Crippen LogP contribution in [0, 0.1) is 12.8 Å². The summed E-state index contributed by atoms with van der Waals surface area (Å²) in [5.74, 6) is 0.880. The second-order valence-corrected chi connectivity index (χ2v) is 9.74. The van der Waals surface area contributed by atoms with Gasteiger partial charge in [0.05, 0.1) is 0 Å². The Morgan fingerprint density at radius 3 is 1.97 bits per heavy atom. The average molecular weight is 559 g/mol. The first-order valence-electron chi connectivity index (χ1n) is 12.6. The summed E-state index contributed by atoms with van der Waals surface area (Å²) in [7, 11) is 0. The Morgan fingerprint density at radius 2 is 1.43 bits per heavy atom. The molecule has 2 N–H and O–H groups in total. The third-order valence-corrected chi connectivity index (χ3v) is 7.86. The second kappa shape index (κ2) is 11.3. The van der Waals surface area contributed by atoms with E-state index in [9.17, 15) is 9.59 Å². The van der Waals surface area contributed by atoms with Crippen molar-refractivity contribution in [2.24, 2.45) is 11.7 Å². The number of primary amides is 1. The number of Topliss-reactive ketones (excluding diaryl/α,β-unsaturated/α-hetero) is 1. The molecule has 1 aliphatic rings. The highest BCUT2D eigenvalue weighted by Gasteiger charge is 2.51. The maximum atomic E-state index is 13.4. The van der Waals surface area contributed by atoms with Crippen LogP contribution in [-0.4, -0.2) is 16.3 Å². The number of hydrogen-bond acceptors (Lipinski definition) is 2. The zero-order valence-corrected chi connectivity index (χ0v) is 22.6. The van der Waals surface area contributed by atoms with Crippen molar-refractivity contribution in [3.8, 4) is 0 Å². The summed E-state index contributed by atoms with van der Waals surface area (Å²) >= 11 is 0. The van der Waals surface area contributed by atoms with Gasteiger partial charge in [-0.2, -0.15) is 0 Å². The Hall–Kier alpha value is -3.51. The smallest absolute Gasteiger partial charge is 0.253 e. The van der Waals surface area contributed by atoms with Crippen LogP contribution in [0.4, 0.5) is 0 Å². The number of amides is 1. The summed E-state index contributed by atoms with van der Waals surface area (Å²) in [5.41, 5.74) is 7.98. The molecule has 0 aliphatic heterocycles. The van der Waals surface area contributed by atoms with Gasteiger partial charge in [0.25, 0.3) is 5.82 Å². The van der Waals surface area contributed by atoms with Gasteiger partial charge in [-0.05, 0) is 36.3 Å². The first-order valence-corrected chi connectivity index (χ1v) is 12.6.